The number of sulfonamides is 1. The van der Waals surface area contributed by atoms with Crippen molar-refractivity contribution >= 4 is 22.0 Å². The average molecular weight is 718 g/mol. The second kappa shape index (κ2) is 16.3. The minimum absolute atomic E-state index is 0.0140. The molecule has 0 aliphatic carbocycles. The van der Waals surface area contributed by atoms with Crippen molar-refractivity contribution < 1.29 is 47.2 Å². The number of rotatable bonds is 17. The number of carbonyl (C=O) groups excluding carboxylic acids is 1. The highest BCUT2D eigenvalue weighted by atomic mass is 32.2. The number of fused-ring (bicyclic) bond motifs is 2. The molecule has 5 rings (SSSR count). The molecular weight excluding hydrogens is 666 g/mol. The molecule has 0 saturated carbocycles. The topological polar surface area (TPSA) is 164 Å². The van der Waals surface area contributed by atoms with E-state index in [2.05, 4.69) is 5.32 Å². The molecule has 13 nitrogen and oxygen atoms in total. The summed E-state index contributed by atoms with van der Waals surface area (Å²) in [4.78, 5) is 26.3. The van der Waals surface area contributed by atoms with Crippen LogP contribution >= 0.6 is 0 Å². The third kappa shape index (κ3) is 9.07. The highest BCUT2D eigenvalue weighted by Crippen LogP contribution is 2.38. The minimum atomic E-state index is -4.22. The molecule has 0 unspecified atom stereocenters. The first kappa shape index (κ1) is 37.8. The summed E-state index contributed by atoms with van der Waals surface area (Å²) in [6.07, 6.45) is -0.258. The second-order valence-corrected chi connectivity index (χ2v) is 16.4. The molecule has 0 spiro atoms. The van der Waals surface area contributed by atoms with Gasteiger partial charge in [0.1, 0.15) is 0 Å². The number of carboxylic acid groups (broad SMARTS) is 1. The molecule has 2 saturated heterocycles. The normalized spacial score (nSPS) is 21.3. The summed E-state index contributed by atoms with van der Waals surface area (Å²) < 4.78 is 52.5. The quantitative estimate of drug-likeness (QED) is 0.203. The first-order chi connectivity index (χ1) is 23.8. The van der Waals surface area contributed by atoms with Crippen LogP contribution in [0.1, 0.15) is 58.9 Å². The van der Waals surface area contributed by atoms with E-state index in [9.17, 15) is 28.2 Å². The van der Waals surface area contributed by atoms with Gasteiger partial charge in [-0.1, -0.05) is 64.4 Å². The van der Waals surface area contributed by atoms with E-state index in [1.807, 2.05) is 58.0 Å². The molecule has 0 bridgehead atoms. The lowest BCUT2D eigenvalue weighted by atomic mass is 9.87. The summed E-state index contributed by atoms with van der Waals surface area (Å²) in [5.74, 6) is 0.426. The van der Waals surface area contributed by atoms with Crippen molar-refractivity contribution in [1.29, 1.82) is 0 Å². The zero-order chi connectivity index (χ0) is 36.1. The van der Waals surface area contributed by atoms with Crippen LogP contribution in [0.3, 0.4) is 0 Å². The van der Waals surface area contributed by atoms with Crippen LogP contribution in [0, 0.1) is 17.3 Å². The van der Waals surface area contributed by atoms with Crippen LogP contribution in [-0.4, -0.2) is 104 Å². The van der Waals surface area contributed by atoms with Gasteiger partial charge in [-0.2, -0.15) is 4.31 Å². The van der Waals surface area contributed by atoms with E-state index < -0.39 is 46.0 Å². The third-order valence-electron chi connectivity index (χ3n) is 9.76. The number of hydrogen-bond donors (Lipinski definition) is 3. The Bertz CT molecular complexity index is 1570. The summed E-state index contributed by atoms with van der Waals surface area (Å²) >= 11 is 0. The molecule has 2 fully saturated rings. The van der Waals surface area contributed by atoms with Crippen LogP contribution in [0.4, 0.5) is 4.79 Å². The maximum Gasteiger partial charge on any atom is 0.407 e. The lowest BCUT2D eigenvalue weighted by Gasteiger charge is -2.40. The van der Waals surface area contributed by atoms with Crippen LogP contribution in [-0.2, 0) is 30.7 Å². The van der Waals surface area contributed by atoms with E-state index in [-0.39, 0.29) is 55.5 Å². The van der Waals surface area contributed by atoms with Gasteiger partial charge in [0, 0.05) is 37.5 Å². The Morgan fingerprint density at radius 1 is 1.04 bits per heavy atom. The van der Waals surface area contributed by atoms with Gasteiger partial charge in [-0.25, -0.2) is 13.2 Å². The van der Waals surface area contributed by atoms with Gasteiger partial charge < -0.3 is 34.5 Å². The van der Waals surface area contributed by atoms with E-state index >= 15 is 0 Å². The van der Waals surface area contributed by atoms with E-state index in [4.69, 9.17) is 18.9 Å². The first-order valence-corrected chi connectivity index (χ1v) is 18.8. The van der Waals surface area contributed by atoms with Gasteiger partial charge in [-0.3, -0.25) is 9.69 Å². The van der Waals surface area contributed by atoms with E-state index in [1.165, 1.54) is 21.3 Å². The second-order valence-electron chi connectivity index (χ2n) is 14.5. The SMILES string of the molecule is CC(C)C(=O)NCCCCC(C)(C)CN(C[C@@H](O)[C@H](Cc1ccccc1)N(C(=O)O)[C@H]1CO[C@H]2OCC[C@H]21)S(=O)(=O)c1ccc2c(c1)OCO2. The number of amides is 2. The molecule has 3 aliphatic heterocycles. The smallest absolute Gasteiger partial charge is 0.407 e. The van der Waals surface area contributed by atoms with E-state index in [1.54, 1.807) is 6.07 Å². The molecule has 3 N–H and O–H groups in total. The van der Waals surface area contributed by atoms with Crippen molar-refractivity contribution in [2.24, 2.45) is 17.3 Å². The number of aliphatic hydroxyl groups is 1. The standard InChI is InChI=1S/C36H51N3O10S/c1-24(2)33(41)37-16-9-8-15-36(3,4)22-38(50(44,45)26-12-13-31-32(19-26)49-23-48-31)20-30(40)28(18-25-10-6-5-7-11-25)39(35(42)43)29-21-47-34-27(29)14-17-46-34/h5-7,10-13,19,24,27-30,34,40H,8-9,14-18,20-23H2,1-4H3,(H,37,41)(H,42,43)/t27-,28-,29-,30+,34+/m0/s1. The Kier molecular flexibility index (Phi) is 12.3. The number of aliphatic hydroxyl groups excluding tert-OH is 1. The summed E-state index contributed by atoms with van der Waals surface area (Å²) in [5.41, 5.74) is 0.260. The zero-order valence-corrected chi connectivity index (χ0v) is 30.1. The molecule has 5 atom stereocenters. The Hall–Kier alpha value is -3.43. The molecule has 3 aliphatic rings. The first-order valence-electron chi connectivity index (χ1n) is 17.4. The summed E-state index contributed by atoms with van der Waals surface area (Å²) in [5, 5.41) is 25.7. The van der Waals surface area contributed by atoms with Crippen LogP contribution in [0.15, 0.2) is 53.4 Å². The molecule has 2 aromatic rings. The maximum atomic E-state index is 14.5. The van der Waals surface area contributed by atoms with Gasteiger partial charge in [-0.15, -0.1) is 0 Å². The van der Waals surface area contributed by atoms with Gasteiger partial charge in [0.2, 0.25) is 22.7 Å². The molecule has 276 valence electrons. The monoisotopic (exact) mass is 717 g/mol. The number of benzene rings is 2. The number of nitrogens with one attached hydrogen (secondary N) is 1. The fraction of sp³-hybridized carbons (Fsp3) is 0.611. The highest BCUT2D eigenvalue weighted by molar-refractivity contribution is 7.89. The summed E-state index contributed by atoms with van der Waals surface area (Å²) in [6, 6.07) is 12.1. The number of carbonyl (C=O) groups is 2. The summed E-state index contributed by atoms with van der Waals surface area (Å²) in [6.45, 7) is 8.37. The molecule has 14 heteroatoms. The molecule has 2 aromatic carbocycles. The predicted octanol–water partition coefficient (Wildman–Crippen LogP) is 4.09. The third-order valence-corrected chi connectivity index (χ3v) is 11.6. The fourth-order valence-electron chi connectivity index (χ4n) is 7.00. The molecule has 3 heterocycles. The Morgan fingerprint density at radius 2 is 1.78 bits per heavy atom. The highest BCUT2D eigenvalue weighted by Gasteiger charge is 2.49. The Balaban J connectivity index is 1.42. The lowest BCUT2D eigenvalue weighted by molar-refractivity contribution is -0.123. The van der Waals surface area contributed by atoms with Gasteiger partial charge in [0.25, 0.3) is 0 Å². The molecule has 0 aromatic heterocycles. The Labute approximate surface area is 294 Å². The van der Waals surface area contributed by atoms with E-state index in [0.29, 0.717) is 37.5 Å². The van der Waals surface area contributed by atoms with Crippen molar-refractivity contribution in [2.45, 2.75) is 89.2 Å². The number of nitrogens with zero attached hydrogens (tertiary/aromatic N) is 2. The van der Waals surface area contributed by atoms with E-state index in [0.717, 1.165) is 18.4 Å². The largest absolute Gasteiger partial charge is 0.465 e. The molecular formula is C36H51N3O10S. The number of hydrogen-bond acceptors (Lipinski definition) is 9. The zero-order valence-electron chi connectivity index (χ0n) is 29.3. The fourth-order valence-corrected chi connectivity index (χ4v) is 8.66. The lowest BCUT2D eigenvalue weighted by Crippen LogP contribution is -2.58. The number of unbranched alkanes of at least 4 members (excludes halogenated alkanes) is 1. The van der Waals surface area contributed by atoms with Gasteiger partial charge in [-0.05, 0) is 48.8 Å². The van der Waals surface area contributed by atoms with Crippen molar-refractivity contribution in [1.82, 2.24) is 14.5 Å². The van der Waals surface area contributed by atoms with Gasteiger partial charge in [0.15, 0.2) is 17.8 Å². The van der Waals surface area contributed by atoms with Crippen molar-refractivity contribution in [3.05, 3.63) is 54.1 Å². The predicted molar refractivity (Wildman–Crippen MR) is 184 cm³/mol. The number of ether oxygens (including phenoxy) is 4. The van der Waals surface area contributed by atoms with Crippen LogP contribution in [0.5, 0.6) is 11.5 Å². The van der Waals surface area contributed by atoms with Crippen molar-refractivity contribution in [2.75, 3.05) is 39.6 Å². The Morgan fingerprint density at radius 3 is 2.50 bits per heavy atom. The molecule has 50 heavy (non-hydrogen) atoms. The van der Waals surface area contributed by atoms with Crippen LogP contribution in [0.2, 0.25) is 0 Å². The van der Waals surface area contributed by atoms with Gasteiger partial charge >= 0.3 is 6.09 Å². The summed E-state index contributed by atoms with van der Waals surface area (Å²) in [7, 11) is -4.22. The minimum Gasteiger partial charge on any atom is -0.465 e. The van der Waals surface area contributed by atoms with Crippen molar-refractivity contribution in [3.63, 3.8) is 0 Å². The molecule has 2 amide bonds. The van der Waals surface area contributed by atoms with Crippen LogP contribution < -0.4 is 14.8 Å². The van der Waals surface area contributed by atoms with Gasteiger partial charge in [0.05, 0.1) is 36.3 Å². The van der Waals surface area contributed by atoms with Crippen LogP contribution in [0.25, 0.3) is 0 Å². The molecule has 0 radical (unpaired) electrons. The van der Waals surface area contributed by atoms with Crippen molar-refractivity contribution in [3.8, 4) is 11.5 Å². The average Bonchev–Trinajstić information content (AvgIpc) is 3.82. The maximum absolute atomic E-state index is 14.5.